The second-order valence-corrected chi connectivity index (χ2v) is 9.24. The maximum absolute atomic E-state index is 13.2. The minimum absolute atomic E-state index is 0.0178. The predicted octanol–water partition coefficient (Wildman–Crippen LogP) is 4.90. The van der Waals surface area contributed by atoms with Gasteiger partial charge in [0.1, 0.15) is 23.9 Å². The fourth-order valence-corrected chi connectivity index (χ4v) is 3.48. The van der Waals surface area contributed by atoms with Crippen molar-refractivity contribution < 1.29 is 23.8 Å². The number of anilines is 2. The number of hydrogen-bond donors (Lipinski definition) is 1. The zero-order valence-electron chi connectivity index (χ0n) is 20.1. The molecule has 1 aliphatic rings. The molecule has 1 N–H and O–H groups in total. The van der Waals surface area contributed by atoms with Crippen molar-refractivity contribution >= 4 is 23.2 Å². The van der Waals surface area contributed by atoms with Crippen LogP contribution in [0.15, 0.2) is 42.5 Å². The Morgan fingerprint density at radius 2 is 1.79 bits per heavy atom. The molecule has 0 aromatic heterocycles. The van der Waals surface area contributed by atoms with Crippen molar-refractivity contribution in [2.75, 3.05) is 36.6 Å². The van der Waals surface area contributed by atoms with Crippen LogP contribution in [0.4, 0.5) is 11.4 Å². The summed E-state index contributed by atoms with van der Waals surface area (Å²) >= 11 is 0. The van der Waals surface area contributed by atoms with E-state index in [4.69, 9.17) is 14.2 Å². The highest BCUT2D eigenvalue weighted by Gasteiger charge is 2.37. The Labute approximate surface area is 196 Å². The largest absolute Gasteiger partial charge is 0.494 e. The lowest BCUT2D eigenvalue weighted by Gasteiger charge is -2.28. The van der Waals surface area contributed by atoms with Crippen LogP contribution in [0.2, 0.25) is 0 Å². The number of benzene rings is 2. The monoisotopic (exact) mass is 454 g/mol. The molecule has 0 fully saturated rings. The molecule has 2 aromatic rings. The van der Waals surface area contributed by atoms with E-state index in [0.29, 0.717) is 48.6 Å². The number of carbonyl (C=O) groups is 2. The zero-order chi connectivity index (χ0) is 24.0. The van der Waals surface area contributed by atoms with Crippen LogP contribution in [-0.4, -0.2) is 38.2 Å². The van der Waals surface area contributed by atoms with E-state index in [9.17, 15) is 9.59 Å². The fraction of sp³-hybridized carbons (Fsp3) is 0.462. The molecule has 1 heterocycles. The molecule has 0 aliphatic carbocycles. The number of ether oxygens (including phenoxy) is 3. The molecule has 0 spiro atoms. The highest BCUT2D eigenvalue weighted by atomic mass is 16.5. The minimum atomic E-state index is -0.634. The highest BCUT2D eigenvalue weighted by Crippen LogP contribution is 2.38. The molecule has 7 heteroatoms. The lowest BCUT2D eigenvalue weighted by Crippen LogP contribution is -2.42. The summed E-state index contributed by atoms with van der Waals surface area (Å²) in [5.74, 6) is 2.15. The SMILES string of the molecule is CCOc1ccc(OCC(=O)Nc2ccc3c(c2)N(CCC(C)C)C(=O)C(C)(C)CO3)cc1. The molecule has 2 amide bonds. The molecule has 0 atom stereocenters. The van der Waals surface area contributed by atoms with Crippen LogP contribution in [0, 0.1) is 11.3 Å². The summed E-state index contributed by atoms with van der Waals surface area (Å²) < 4.78 is 16.9. The van der Waals surface area contributed by atoms with E-state index in [1.165, 1.54) is 0 Å². The van der Waals surface area contributed by atoms with Gasteiger partial charge in [-0.2, -0.15) is 0 Å². The average Bonchev–Trinajstić information content (AvgIpc) is 2.86. The number of carbonyl (C=O) groups excluding carboxylic acids is 2. The summed E-state index contributed by atoms with van der Waals surface area (Å²) in [5, 5.41) is 2.85. The van der Waals surface area contributed by atoms with Crippen molar-refractivity contribution in [1.82, 2.24) is 0 Å². The Morgan fingerprint density at radius 1 is 1.12 bits per heavy atom. The summed E-state index contributed by atoms with van der Waals surface area (Å²) in [4.78, 5) is 27.5. The Hall–Kier alpha value is -3.22. The number of amides is 2. The number of fused-ring (bicyclic) bond motifs is 1. The normalized spacial score (nSPS) is 14.8. The van der Waals surface area contributed by atoms with E-state index < -0.39 is 5.41 Å². The molecule has 7 nitrogen and oxygen atoms in total. The van der Waals surface area contributed by atoms with E-state index in [1.54, 1.807) is 47.4 Å². The van der Waals surface area contributed by atoms with Crippen LogP contribution < -0.4 is 24.4 Å². The van der Waals surface area contributed by atoms with E-state index >= 15 is 0 Å². The summed E-state index contributed by atoms with van der Waals surface area (Å²) in [6, 6.07) is 12.5. The van der Waals surface area contributed by atoms with Crippen LogP contribution in [0.25, 0.3) is 0 Å². The van der Waals surface area contributed by atoms with Crippen molar-refractivity contribution in [2.45, 2.75) is 41.0 Å². The molecular weight excluding hydrogens is 420 g/mol. The van der Waals surface area contributed by atoms with Gasteiger partial charge in [-0.3, -0.25) is 9.59 Å². The molecule has 0 unspecified atom stereocenters. The molecule has 3 rings (SSSR count). The summed E-state index contributed by atoms with van der Waals surface area (Å²) in [5.41, 5.74) is 0.626. The van der Waals surface area contributed by atoms with Crippen LogP contribution in [0.1, 0.15) is 41.0 Å². The molecular formula is C26H34N2O5. The molecule has 33 heavy (non-hydrogen) atoms. The highest BCUT2D eigenvalue weighted by molar-refractivity contribution is 6.00. The van der Waals surface area contributed by atoms with Crippen molar-refractivity contribution in [1.29, 1.82) is 0 Å². The summed E-state index contributed by atoms with van der Waals surface area (Å²) in [6.07, 6.45) is 0.869. The molecule has 0 bridgehead atoms. The van der Waals surface area contributed by atoms with Crippen molar-refractivity contribution in [3.63, 3.8) is 0 Å². The maximum atomic E-state index is 13.2. The lowest BCUT2D eigenvalue weighted by molar-refractivity contribution is -0.127. The van der Waals surface area contributed by atoms with Crippen molar-refractivity contribution in [2.24, 2.45) is 11.3 Å². The maximum Gasteiger partial charge on any atom is 0.262 e. The third kappa shape index (κ3) is 6.40. The second-order valence-electron chi connectivity index (χ2n) is 9.24. The molecule has 0 saturated carbocycles. The van der Waals surface area contributed by atoms with Gasteiger partial charge in [0, 0.05) is 12.2 Å². The quantitative estimate of drug-likeness (QED) is 0.583. The van der Waals surface area contributed by atoms with Crippen LogP contribution in [-0.2, 0) is 9.59 Å². The molecule has 0 radical (unpaired) electrons. The van der Waals surface area contributed by atoms with Gasteiger partial charge in [0.15, 0.2) is 6.61 Å². The summed E-state index contributed by atoms with van der Waals surface area (Å²) in [7, 11) is 0. The van der Waals surface area contributed by atoms with Crippen LogP contribution in [0.5, 0.6) is 17.2 Å². The van der Waals surface area contributed by atoms with E-state index in [0.717, 1.165) is 12.2 Å². The predicted molar refractivity (Wildman–Crippen MR) is 129 cm³/mol. The first kappa shape index (κ1) is 24.4. The third-order valence-corrected chi connectivity index (χ3v) is 5.38. The molecule has 2 aromatic carbocycles. The van der Waals surface area contributed by atoms with Gasteiger partial charge in [0.25, 0.3) is 5.91 Å². The Balaban J connectivity index is 1.70. The Morgan fingerprint density at radius 3 is 2.42 bits per heavy atom. The first-order valence-corrected chi connectivity index (χ1v) is 11.4. The van der Waals surface area contributed by atoms with Gasteiger partial charge < -0.3 is 24.4 Å². The Bertz CT molecular complexity index is 969. The van der Waals surface area contributed by atoms with Gasteiger partial charge in [0.05, 0.1) is 17.7 Å². The number of hydrogen-bond acceptors (Lipinski definition) is 5. The third-order valence-electron chi connectivity index (χ3n) is 5.38. The average molecular weight is 455 g/mol. The van der Waals surface area contributed by atoms with Gasteiger partial charge in [-0.05, 0) is 75.6 Å². The van der Waals surface area contributed by atoms with Crippen LogP contribution in [0.3, 0.4) is 0 Å². The smallest absolute Gasteiger partial charge is 0.262 e. The minimum Gasteiger partial charge on any atom is -0.494 e. The van der Waals surface area contributed by atoms with E-state index in [2.05, 4.69) is 19.2 Å². The van der Waals surface area contributed by atoms with Gasteiger partial charge in [0.2, 0.25) is 5.91 Å². The van der Waals surface area contributed by atoms with Crippen LogP contribution >= 0.6 is 0 Å². The van der Waals surface area contributed by atoms with Gasteiger partial charge in [-0.1, -0.05) is 13.8 Å². The lowest BCUT2D eigenvalue weighted by atomic mass is 9.92. The topological polar surface area (TPSA) is 77.1 Å². The van der Waals surface area contributed by atoms with Gasteiger partial charge in [-0.25, -0.2) is 0 Å². The van der Waals surface area contributed by atoms with Gasteiger partial charge >= 0.3 is 0 Å². The molecule has 178 valence electrons. The molecule has 1 aliphatic heterocycles. The molecule has 0 saturated heterocycles. The van der Waals surface area contributed by atoms with E-state index in [1.807, 2.05) is 20.8 Å². The first-order chi connectivity index (χ1) is 15.7. The first-order valence-electron chi connectivity index (χ1n) is 11.4. The number of nitrogens with zero attached hydrogens (tertiary/aromatic N) is 1. The number of nitrogens with one attached hydrogen (secondary N) is 1. The Kier molecular flexibility index (Phi) is 7.84. The fourth-order valence-electron chi connectivity index (χ4n) is 3.48. The second kappa shape index (κ2) is 10.6. The van der Waals surface area contributed by atoms with Crippen molar-refractivity contribution in [3.8, 4) is 17.2 Å². The summed E-state index contributed by atoms with van der Waals surface area (Å²) in [6.45, 7) is 11.3. The van der Waals surface area contributed by atoms with E-state index in [-0.39, 0.29) is 18.4 Å². The number of rotatable bonds is 9. The standard InChI is InChI=1S/C26H34N2O5/c1-6-31-20-8-10-21(11-9-20)32-16-24(29)27-19-7-12-23-22(15-19)28(14-13-18(2)3)25(30)26(4,5)17-33-23/h7-12,15,18H,6,13-14,16-17H2,1-5H3,(H,27,29). The van der Waals surface area contributed by atoms with Gasteiger partial charge in [-0.15, -0.1) is 0 Å². The zero-order valence-corrected chi connectivity index (χ0v) is 20.1. The van der Waals surface area contributed by atoms with Crippen molar-refractivity contribution in [3.05, 3.63) is 42.5 Å².